The molecule has 0 aromatic heterocycles. The number of halogens is 1. The topological polar surface area (TPSA) is 49.9 Å². The van der Waals surface area contributed by atoms with Crippen molar-refractivity contribution in [3.63, 3.8) is 0 Å². The van der Waals surface area contributed by atoms with Gasteiger partial charge in [-0.05, 0) is 61.4 Å². The highest BCUT2D eigenvalue weighted by Gasteiger charge is 2.45. The predicted octanol–water partition coefficient (Wildman–Crippen LogP) is 4.17. The Morgan fingerprint density at radius 3 is 2.60 bits per heavy atom. The summed E-state index contributed by atoms with van der Waals surface area (Å²) in [6.45, 7) is 3.12. The van der Waals surface area contributed by atoms with E-state index in [1.54, 1.807) is 22.5 Å². The first kappa shape index (κ1) is 20.3. The van der Waals surface area contributed by atoms with Crippen molar-refractivity contribution in [3.8, 4) is 5.75 Å². The van der Waals surface area contributed by atoms with Crippen molar-refractivity contribution in [2.24, 2.45) is 5.92 Å². The SMILES string of the molecule is O=S1(=O)c2ccccc2O[C@@H]2CCN(Cc3cccc(Cl)c3)CC[C@H]2N1CC1CC1. The fourth-order valence-electron chi connectivity index (χ4n) is 4.65. The van der Waals surface area contributed by atoms with Gasteiger partial charge >= 0.3 is 0 Å². The molecular weight excluding hydrogens is 420 g/mol. The number of fused-ring (bicyclic) bond motifs is 2. The van der Waals surface area contributed by atoms with Gasteiger partial charge in [-0.15, -0.1) is 0 Å². The summed E-state index contributed by atoms with van der Waals surface area (Å²) in [6, 6.07) is 14.9. The monoisotopic (exact) mass is 446 g/mol. The summed E-state index contributed by atoms with van der Waals surface area (Å²) in [5.74, 6) is 0.977. The van der Waals surface area contributed by atoms with E-state index in [0.29, 0.717) is 23.1 Å². The quantitative estimate of drug-likeness (QED) is 0.707. The fourth-order valence-corrected chi connectivity index (χ4v) is 6.74. The Balaban J connectivity index is 1.42. The lowest BCUT2D eigenvalue weighted by molar-refractivity contribution is 0.111. The van der Waals surface area contributed by atoms with E-state index < -0.39 is 10.0 Å². The third kappa shape index (κ3) is 4.11. The number of likely N-dealkylation sites (tertiary alicyclic amines) is 1. The molecule has 160 valence electrons. The molecule has 1 saturated heterocycles. The minimum Gasteiger partial charge on any atom is -0.487 e. The Morgan fingerprint density at radius 2 is 1.80 bits per heavy atom. The van der Waals surface area contributed by atoms with Crippen LogP contribution in [0.4, 0.5) is 0 Å². The van der Waals surface area contributed by atoms with E-state index in [-0.39, 0.29) is 12.1 Å². The van der Waals surface area contributed by atoms with Crippen LogP contribution in [0.2, 0.25) is 5.02 Å². The van der Waals surface area contributed by atoms with Crippen LogP contribution < -0.4 is 4.74 Å². The van der Waals surface area contributed by atoms with Crippen LogP contribution in [-0.4, -0.2) is 49.4 Å². The molecule has 7 heteroatoms. The number of benzene rings is 2. The number of sulfonamides is 1. The molecule has 2 aromatic carbocycles. The summed E-state index contributed by atoms with van der Waals surface area (Å²) in [5.41, 5.74) is 1.18. The minimum atomic E-state index is -3.57. The maximum Gasteiger partial charge on any atom is 0.247 e. The molecule has 2 atom stereocenters. The fraction of sp³-hybridized carbons (Fsp3) is 0.478. The zero-order valence-electron chi connectivity index (χ0n) is 16.9. The molecule has 0 amide bonds. The summed E-state index contributed by atoms with van der Waals surface area (Å²) >= 11 is 6.15. The van der Waals surface area contributed by atoms with E-state index in [1.807, 2.05) is 24.3 Å². The summed E-state index contributed by atoms with van der Waals surface area (Å²) < 4.78 is 35.3. The second-order valence-corrected chi connectivity index (χ2v) is 11.0. The second-order valence-electron chi connectivity index (χ2n) is 8.67. The van der Waals surface area contributed by atoms with E-state index >= 15 is 0 Å². The van der Waals surface area contributed by atoms with Crippen molar-refractivity contribution < 1.29 is 13.2 Å². The maximum absolute atomic E-state index is 13.6. The highest BCUT2D eigenvalue weighted by molar-refractivity contribution is 7.89. The summed E-state index contributed by atoms with van der Waals surface area (Å²) in [4.78, 5) is 2.70. The molecule has 1 saturated carbocycles. The van der Waals surface area contributed by atoms with Crippen molar-refractivity contribution in [3.05, 3.63) is 59.1 Å². The zero-order valence-corrected chi connectivity index (χ0v) is 18.5. The molecule has 0 unspecified atom stereocenters. The van der Waals surface area contributed by atoms with Gasteiger partial charge in [0.05, 0.1) is 6.04 Å². The van der Waals surface area contributed by atoms with E-state index in [1.165, 1.54) is 5.56 Å². The van der Waals surface area contributed by atoms with Crippen LogP contribution in [0.15, 0.2) is 53.4 Å². The molecule has 2 aromatic rings. The molecule has 0 radical (unpaired) electrons. The Kier molecular flexibility index (Phi) is 5.52. The van der Waals surface area contributed by atoms with E-state index in [2.05, 4.69) is 11.0 Å². The Bertz CT molecular complexity index is 1020. The van der Waals surface area contributed by atoms with Crippen molar-refractivity contribution in [1.29, 1.82) is 0 Å². The normalized spacial score (nSPS) is 26.7. The van der Waals surface area contributed by atoms with Gasteiger partial charge in [0.1, 0.15) is 16.7 Å². The first-order valence-electron chi connectivity index (χ1n) is 10.7. The number of hydrogen-bond donors (Lipinski definition) is 0. The van der Waals surface area contributed by atoms with E-state index in [4.69, 9.17) is 16.3 Å². The smallest absolute Gasteiger partial charge is 0.247 e. The second kappa shape index (κ2) is 8.15. The average molecular weight is 447 g/mol. The van der Waals surface area contributed by atoms with Gasteiger partial charge in [0, 0.05) is 31.2 Å². The van der Waals surface area contributed by atoms with Gasteiger partial charge in [-0.1, -0.05) is 35.9 Å². The van der Waals surface area contributed by atoms with Crippen LogP contribution in [0.1, 0.15) is 31.2 Å². The summed E-state index contributed by atoms with van der Waals surface area (Å²) in [5, 5.41) is 0.745. The van der Waals surface area contributed by atoms with Crippen LogP contribution in [0, 0.1) is 5.92 Å². The molecule has 0 bridgehead atoms. The van der Waals surface area contributed by atoms with Crippen LogP contribution in [-0.2, 0) is 16.6 Å². The summed E-state index contributed by atoms with van der Waals surface area (Å²) in [6.07, 6.45) is 3.67. The standard InChI is InChI=1S/C23H27ClN2O3S/c24-19-5-3-4-18(14-19)15-25-12-10-20-21(11-13-25)29-22-6-1-2-7-23(22)30(27,28)26(20)16-17-8-9-17/h1-7,14,17,20-21H,8-13,15-16H2/t20-,21-/m1/s1. The molecular formula is C23H27ClN2O3S. The van der Waals surface area contributed by atoms with Crippen LogP contribution in [0.3, 0.4) is 0 Å². The minimum absolute atomic E-state index is 0.132. The number of rotatable bonds is 4. The molecule has 2 aliphatic heterocycles. The first-order valence-corrected chi connectivity index (χ1v) is 12.6. The van der Waals surface area contributed by atoms with Gasteiger partial charge in [-0.2, -0.15) is 4.31 Å². The van der Waals surface area contributed by atoms with Gasteiger partial charge in [0.25, 0.3) is 0 Å². The van der Waals surface area contributed by atoms with Crippen molar-refractivity contribution >= 4 is 21.6 Å². The zero-order chi connectivity index (χ0) is 20.7. The lowest BCUT2D eigenvalue weighted by atomic mass is 10.1. The molecule has 2 heterocycles. The Hall–Kier alpha value is -1.60. The largest absolute Gasteiger partial charge is 0.487 e. The number of para-hydroxylation sites is 1. The number of hydrogen-bond acceptors (Lipinski definition) is 4. The Labute approximate surface area is 183 Å². The van der Waals surface area contributed by atoms with Crippen molar-refractivity contribution in [2.45, 2.75) is 49.3 Å². The van der Waals surface area contributed by atoms with Crippen molar-refractivity contribution in [2.75, 3.05) is 19.6 Å². The Morgan fingerprint density at radius 1 is 1.00 bits per heavy atom. The maximum atomic E-state index is 13.6. The van der Waals surface area contributed by atoms with Gasteiger partial charge in [-0.3, -0.25) is 4.90 Å². The molecule has 2 fully saturated rings. The molecule has 3 aliphatic rings. The molecule has 5 nitrogen and oxygen atoms in total. The first-order chi connectivity index (χ1) is 14.5. The van der Waals surface area contributed by atoms with Gasteiger partial charge in [-0.25, -0.2) is 8.42 Å². The highest BCUT2D eigenvalue weighted by Crippen LogP contribution is 2.40. The molecule has 30 heavy (non-hydrogen) atoms. The van der Waals surface area contributed by atoms with Crippen LogP contribution >= 0.6 is 11.6 Å². The number of ether oxygens (including phenoxy) is 1. The lowest BCUT2D eigenvalue weighted by Gasteiger charge is -2.31. The highest BCUT2D eigenvalue weighted by atomic mass is 35.5. The third-order valence-corrected chi connectivity index (χ3v) is 8.58. The third-order valence-electron chi connectivity index (χ3n) is 6.41. The van der Waals surface area contributed by atoms with E-state index in [0.717, 1.165) is 50.3 Å². The average Bonchev–Trinajstić information content (AvgIpc) is 3.55. The molecule has 0 N–H and O–H groups in total. The van der Waals surface area contributed by atoms with Gasteiger partial charge in [0.15, 0.2) is 0 Å². The lowest BCUT2D eigenvalue weighted by Crippen LogP contribution is -2.48. The van der Waals surface area contributed by atoms with Crippen LogP contribution in [0.5, 0.6) is 5.75 Å². The van der Waals surface area contributed by atoms with Gasteiger partial charge < -0.3 is 4.74 Å². The van der Waals surface area contributed by atoms with E-state index in [9.17, 15) is 8.42 Å². The van der Waals surface area contributed by atoms with Crippen LogP contribution in [0.25, 0.3) is 0 Å². The summed E-state index contributed by atoms with van der Waals surface area (Å²) in [7, 11) is -3.57. The molecule has 5 rings (SSSR count). The molecule has 1 aliphatic carbocycles. The van der Waals surface area contributed by atoms with Crippen molar-refractivity contribution in [1.82, 2.24) is 9.21 Å². The molecule has 0 spiro atoms. The van der Waals surface area contributed by atoms with Gasteiger partial charge in [0.2, 0.25) is 10.0 Å². The number of nitrogens with zero attached hydrogens (tertiary/aromatic N) is 2. The predicted molar refractivity (Wildman–Crippen MR) is 117 cm³/mol.